The summed E-state index contributed by atoms with van der Waals surface area (Å²) in [7, 11) is 0. The number of hydrogen-bond donors (Lipinski definition) is 2. The molecule has 2 saturated carbocycles. The highest BCUT2D eigenvalue weighted by Crippen LogP contribution is 2.62. The molecule has 2 bridgehead atoms. The molecule has 1 aliphatic heterocycles. The zero-order chi connectivity index (χ0) is 17.1. The van der Waals surface area contributed by atoms with Crippen molar-refractivity contribution in [1.82, 2.24) is 0 Å². The third-order valence-corrected chi connectivity index (χ3v) is 6.32. The summed E-state index contributed by atoms with van der Waals surface area (Å²) < 4.78 is 10.8. The van der Waals surface area contributed by atoms with Crippen molar-refractivity contribution in [1.29, 1.82) is 0 Å². The largest absolute Gasteiger partial charge is 0.454 e. The molecule has 0 radical (unpaired) electrons. The summed E-state index contributed by atoms with van der Waals surface area (Å²) in [6.07, 6.45) is 0.668. The van der Waals surface area contributed by atoms with Crippen LogP contribution in [0.25, 0.3) is 0 Å². The molecule has 1 aromatic rings. The van der Waals surface area contributed by atoms with E-state index in [0.717, 1.165) is 5.56 Å². The Kier molecular flexibility index (Phi) is 3.48. The van der Waals surface area contributed by atoms with E-state index in [9.17, 15) is 15.0 Å². The van der Waals surface area contributed by atoms with Crippen LogP contribution in [0.1, 0.15) is 31.2 Å². The van der Waals surface area contributed by atoms with E-state index < -0.39 is 23.5 Å². The Bertz CT molecular complexity index is 699. The molecule has 128 valence electrons. The van der Waals surface area contributed by atoms with Crippen molar-refractivity contribution in [2.24, 2.45) is 17.3 Å². The van der Waals surface area contributed by atoms with Crippen molar-refractivity contribution < 1.29 is 24.5 Å². The molecule has 1 heterocycles. The fourth-order valence-electron chi connectivity index (χ4n) is 5.10. The van der Waals surface area contributed by atoms with Crippen LogP contribution < -0.4 is 9.47 Å². The summed E-state index contributed by atoms with van der Waals surface area (Å²) in [5.41, 5.74) is 0.416. The molecule has 0 unspecified atom stereocenters. The lowest BCUT2D eigenvalue weighted by Gasteiger charge is -2.40. The van der Waals surface area contributed by atoms with Gasteiger partial charge in [-0.15, -0.1) is 6.58 Å². The fourth-order valence-corrected chi connectivity index (χ4v) is 5.10. The van der Waals surface area contributed by atoms with E-state index in [2.05, 4.69) is 13.5 Å². The van der Waals surface area contributed by atoms with Crippen molar-refractivity contribution in [2.45, 2.75) is 37.9 Å². The van der Waals surface area contributed by atoms with Crippen LogP contribution in [0.3, 0.4) is 0 Å². The second-order valence-electron chi connectivity index (χ2n) is 7.26. The first kappa shape index (κ1) is 15.7. The molecular weight excluding hydrogens is 308 g/mol. The topological polar surface area (TPSA) is 76.0 Å². The lowest BCUT2D eigenvalue weighted by Crippen LogP contribution is -2.49. The van der Waals surface area contributed by atoms with E-state index >= 15 is 0 Å². The fraction of sp³-hybridized carbons (Fsp3) is 0.526. The maximum atomic E-state index is 12.4. The number of rotatable bonds is 3. The van der Waals surface area contributed by atoms with E-state index in [0.29, 0.717) is 17.9 Å². The van der Waals surface area contributed by atoms with Crippen molar-refractivity contribution in [3.63, 3.8) is 0 Å². The van der Waals surface area contributed by atoms with E-state index in [1.54, 1.807) is 6.08 Å². The van der Waals surface area contributed by atoms with Crippen molar-refractivity contribution in [3.8, 4) is 11.5 Å². The third kappa shape index (κ3) is 1.91. The number of aliphatic hydroxyl groups is 2. The predicted octanol–water partition coefficient (Wildman–Crippen LogP) is 2.02. The SMILES string of the molecule is C=CC[C@]12CC(=O)[C@@H](O)[C@H]([C@H](c3ccc4c(c3)OCO4)[C@H]1C)[C@H]2O. The average Bonchev–Trinajstić information content (AvgIpc) is 3.08. The Hall–Kier alpha value is -1.85. The molecule has 2 N–H and O–H groups in total. The van der Waals surface area contributed by atoms with Gasteiger partial charge in [0.05, 0.1) is 6.10 Å². The van der Waals surface area contributed by atoms with Crippen LogP contribution in [-0.4, -0.2) is 35.0 Å². The van der Waals surface area contributed by atoms with Crippen LogP contribution in [0.2, 0.25) is 0 Å². The minimum atomic E-state index is -1.13. The first-order chi connectivity index (χ1) is 11.5. The number of hydrogen-bond acceptors (Lipinski definition) is 5. The van der Waals surface area contributed by atoms with Gasteiger partial charge in [0.25, 0.3) is 0 Å². The van der Waals surface area contributed by atoms with Crippen LogP contribution in [0.15, 0.2) is 30.9 Å². The summed E-state index contributed by atoms with van der Waals surface area (Å²) in [4.78, 5) is 12.4. The maximum absolute atomic E-state index is 12.4. The molecule has 1 aromatic carbocycles. The van der Waals surface area contributed by atoms with E-state index in [1.807, 2.05) is 18.2 Å². The van der Waals surface area contributed by atoms with Gasteiger partial charge < -0.3 is 19.7 Å². The molecule has 0 aromatic heterocycles. The lowest BCUT2D eigenvalue weighted by molar-refractivity contribution is -0.146. The monoisotopic (exact) mass is 330 g/mol. The van der Waals surface area contributed by atoms with Crippen LogP contribution in [0.5, 0.6) is 11.5 Å². The Morgan fingerprint density at radius 2 is 2.08 bits per heavy atom. The molecule has 2 aliphatic carbocycles. The summed E-state index contributed by atoms with van der Waals surface area (Å²) in [5, 5.41) is 21.4. The van der Waals surface area contributed by atoms with Gasteiger partial charge >= 0.3 is 0 Å². The number of carbonyl (C=O) groups is 1. The number of aliphatic hydroxyl groups excluding tert-OH is 2. The summed E-state index contributed by atoms with van der Waals surface area (Å²) >= 11 is 0. The number of ether oxygens (including phenoxy) is 2. The van der Waals surface area contributed by atoms with Gasteiger partial charge in [-0.05, 0) is 36.0 Å². The Balaban J connectivity index is 1.80. The van der Waals surface area contributed by atoms with Crippen LogP contribution in [-0.2, 0) is 4.79 Å². The molecule has 0 saturated heterocycles. The molecule has 24 heavy (non-hydrogen) atoms. The molecule has 4 rings (SSSR count). The van der Waals surface area contributed by atoms with Gasteiger partial charge in [0, 0.05) is 17.8 Å². The Morgan fingerprint density at radius 3 is 2.83 bits per heavy atom. The van der Waals surface area contributed by atoms with E-state index in [-0.39, 0.29) is 30.8 Å². The van der Waals surface area contributed by atoms with Crippen molar-refractivity contribution in [3.05, 3.63) is 36.4 Å². The predicted molar refractivity (Wildman–Crippen MR) is 86.8 cm³/mol. The Morgan fingerprint density at radius 1 is 1.33 bits per heavy atom. The zero-order valence-electron chi connectivity index (χ0n) is 13.6. The summed E-state index contributed by atoms with van der Waals surface area (Å²) in [6.45, 7) is 6.07. The second kappa shape index (κ2) is 5.33. The van der Waals surface area contributed by atoms with Gasteiger partial charge in [-0.2, -0.15) is 0 Å². The van der Waals surface area contributed by atoms with Gasteiger partial charge in [-0.1, -0.05) is 19.1 Å². The normalized spacial score (nSPS) is 40.0. The summed E-state index contributed by atoms with van der Waals surface area (Å²) in [6, 6.07) is 5.71. The molecule has 0 amide bonds. The number of Topliss-reactive ketones (excluding diaryl/α,β-unsaturated/α-hetero) is 1. The molecule has 5 heteroatoms. The zero-order valence-corrected chi connectivity index (χ0v) is 13.6. The number of allylic oxidation sites excluding steroid dienone is 1. The highest BCUT2D eigenvalue weighted by molar-refractivity contribution is 5.86. The van der Waals surface area contributed by atoms with Crippen LogP contribution in [0.4, 0.5) is 0 Å². The quantitative estimate of drug-likeness (QED) is 0.829. The minimum Gasteiger partial charge on any atom is -0.454 e. The highest BCUT2D eigenvalue weighted by atomic mass is 16.7. The third-order valence-electron chi connectivity index (χ3n) is 6.32. The van der Waals surface area contributed by atoms with Gasteiger partial charge in [-0.25, -0.2) is 0 Å². The van der Waals surface area contributed by atoms with Crippen LogP contribution in [0, 0.1) is 17.3 Å². The van der Waals surface area contributed by atoms with Crippen molar-refractivity contribution in [2.75, 3.05) is 6.79 Å². The first-order valence-electron chi connectivity index (χ1n) is 8.39. The smallest absolute Gasteiger partial charge is 0.231 e. The van der Waals surface area contributed by atoms with Gasteiger partial charge in [0.1, 0.15) is 6.10 Å². The number of fused-ring (bicyclic) bond motifs is 3. The van der Waals surface area contributed by atoms with E-state index in [4.69, 9.17) is 9.47 Å². The van der Waals surface area contributed by atoms with Crippen molar-refractivity contribution >= 4 is 5.78 Å². The van der Waals surface area contributed by atoms with Gasteiger partial charge in [0.15, 0.2) is 17.3 Å². The molecule has 0 spiro atoms. The molecular formula is C19H22O5. The molecule has 3 aliphatic rings. The average molecular weight is 330 g/mol. The van der Waals surface area contributed by atoms with Gasteiger partial charge in [-0.3, -0.25) is 4.79 Å². The van der Waals surface area contributed by atoms with Gasteiger partial charge in [0.2, 0.25) is 6.79 Å². The van der Waals surface area contributed by atoms with E-state index in [1.165, 1.54) is 0 Å². The highest BCUT2D eigenvalue weighted by Gasteiger charge is 2.64. The van der Waals surface area contributed by atoms with Crippen LogP contribution >= 0.6 is 0 Å². The Labute approximate surface area is 140 Å². The number of ketones is 1. The standard InChI is InChI=1S/C19H22O5/c1-3-6-19-8-12(20)17(21)16(18(19)22)15(10(19)2)11-4-5-13-14(7-11)24-9-23-13/h3-5,7,10,15-18,21-22H,1,6,8-9H2,2H3/t10-,15+,16+,17-,18-,19+/m1/s1. The maximum Gasteiger partial charge on any atom is 0.231 e. The summed E-state index contributed by atoms with van der Waals surface area (Å²) in [5.74, 6) is 0.622. The number of benzene rings is 1. The minimum absolute atomic E-state index is 0.0389. The lowest BCUT2D eigenvalue weighted by atomic mass is 9.66. The molecule has 6 atom stereocenters. The first-order valence-corrected chi connectivity index (χ1v) is 8.39. The second-order valence-corrected chi connectivity index (χ2v) is 7.26. The molecule has 2 fully saturated rings. The molecule has 5 nitrogen and oxygen atoms in total. The number of carbonyl (C=O) groups excluding carboxylic acids is 1.